The zero-order valence-electron chi connectivity index (χ0n) is 15.4. The molecule has 1 aromatic carbocycles. The van der Waals surface area contributed by atoms with Gasteiger partial charge in [-0.1, -0.05) is 18.2 Å². The maximum Gasteiger partial charge on any atom is 0.312 e. The van der Waals surface area contributed by atoms with Gasteiger partial charge in [-0.15, -0.1) is 10.2 Å². The van der Waals surface area contributed by atoms with Crippen LogP contribution in [0.1, 0.15) is 34.0 Å². The van der Waals surface area contributed by atoms with Crippen LogP contribution in [0.3, 0.4) is 0 Å². The molecule has 0 saturated carbocycles. The molecular weight excluding hydrogens is 386 g/mol. The van der Waals surface area contributed by atoms with E-state index in [-0.39, 0.29) is 11.8 Å². The largest absolute Gasteiger partial charge is 0.438 e. The highest BCUT2D eigenvalue weighted by Gasteiger charge is 2.42. The van der Waals surface area contributed by atoms with Gasteiger partial charge >= 0.3 is 11.8 Å². The molecule has 4 aromatic heterocycles. The molecule has 146 valence electrons. The fraction of sp³-hybridized carbons (Fsp3) is 0.100. The van der Waals surface area contributed by atoms with Crippen LogP contribution in [-0.4, -0.2) is 40.9 Å². The van der Waals surface area contributed by atoms with E-state index >= 15 is 0 Å². The molecule has 1 amide bonds. The van der Waals surface area contributed by atoms with E-state index in [0.717, 1.165) is 5.69 Å². The Balaban J connectivity index is 1.38. The van der Waals surface area contributed by atoms with Gasteiger partial charge in [0, 0.05) is 6.20 Å². The molecule has 0 saturated heterocycles. The van der Waals surface area contributed by atoms with Crippen molar-refractivity contribution in [3.63, 3.8) is 0 Å². The predicted molar refractivity (Wildman–Crippen MR) is 102 cm³/mol. The van der Waals surface area contributed by atoms with Crippen LogP contribution in [0.2, 0.25) is 0 Å². The van der Waals surface area contributed by atoms with E-state index in [4.69, 9.17) is 8.83 Å². The standard InChI is InChI=1S/C20H13N7O3/c28-20(19-26-25-17(30-19)12-6-3-4-8-21-12)27-9-13-15(23-10-22-13)16(27)18-24-11-5-1-2-7-14(11)29-18/h1-8,10,16H,9H2,(H,22,23)/t16-/m1/s1. The van der Waals surface area contributed by atoms with Gasteiger partial charge in [0.05, 0.1) is 24.3 Å². The van der Waals surface area contributed by atoms with E-state index in [2.05, 4.69) is 30.1 Å². The van der Waals surface area contributed by atoms with Crippen molar-refractivity contribution in [3.8, 4) is 11.6 Å². The second kappa shape index (κ2) is 6.34. The second-order valence-corrected chi connectivity index (χ2v) is 6.75. The number of nitrogens with zero attached hydrogens (tertiary/aromatic N) is 6. The first kappa shape index (κ1) is 16.6. The molecule has 5 heterocycles. The quantitative estimate of drug-likeness (QED) is 0.491. The number of H-pyrrole nitrogens is 1. The summed E-state index contributed by atoms with van der Waals surface area (Å²) in [4.78, 5) is 31.0. The molecule has 0 bridgehead atoms. The molecule has 0 fully saturated rings. The number of hydrogen-bond acceptors (Lipinski definition) is 8. The highest BCUT2D eigenvalue weighted by molar-refractivity contribution is 5.90. The van der Waals surface area contributed by atoms with Crippen molar-refractivity contribution in [1.82, 2.24) is 35.0 Å². The van der Waals surface area contributed by atoms with Crippen molar-refractivity contribution < 1.29 is 13.6 Å². The maximum atomic E-state index is 13.3. The summed E-state index contributed by atoms with van der Waals surface area (Å²) >= 11 is 0. The normalized spacial score (nSPS) is 15.6. The molecule has 1 atom stereocenters. The lowest BCUT2D eigenvalue weighted by atomic mass is 10.2. The topological polar surface area (TPSA) is 127 Å². The Morgan fingerprint density at radius 1 is 1.07 bits per heavy atom. The molecule has 0 radical (unpaired) electrons. The van der Waals surface area contributed by atoms with Gasteiger partial charge in [-0.3, -0.25) is 9.78 Å². The summed E-state index contributed by atoms with van der Waals surface area (Å²) in [6.45, 7) is 0.291. The zero-order chi connectivity index (χ0) is 20.1. The van der Waals surface area contributed by atoms with Crippen LogP contribution in [-0.2, 0) is 6.54 Å². The summed E-state index contributed by atoms with van der Waals surface area (Å²) in [5, 5.41) is 7.88. The number of imidazole rings is 1. The lowest BCUT2D eigenvalue weighted by molar-refractivity contribution is 0.0656. The molecule has 0 spiro atoms. The fourth-order valence-corrected chi connectivity index (χ4v) is 3.57. The van der Waals surface area contributed by atoms with Gasteiger partial charge in [0.25, 0.3) is 5.89 Å². The minimum absolute atomic E-state index is 0.137. The SMILES string of the molecule is O=C(c1nnc(-c2ccccn2)o1)N1Cc2[nH]cnc2[C@@H]1c1nc2ccccc2o1. The first-order valence-corrected chi connectivity index (χ1v) is 9.21. The summed E-state index contributed by atoms with van der Waals surface area (Å²) in [5.41, 5.74) is 3.32. The molecule has 1 N–H and O–H groups in total. The zero-order valence-corrected chi connectivity index (χ0v) is 15.4. The Kier molecular flexibility index (Phi) is 3.51. The van der Waals surface area contributed by atoms with Crippen molar-refractivity contribution in [1.29, 1.82) is 0 Å². The average Bonchev–Trinajstić information content (AvgIpc) is 3.56. The summed E-state index contributed by atoms with van der Waals surface area (Å²) in [7, 11) is 0. The minimum atomic E-state index is -0.601. The third-order valence-corrected chi connectivity index (χ3v) is 4.95. The van der Waals surface area contributed by atoms with E-state index in [1.807, 2.05) is 24.3 Å². The Labute approximate surface area is 168 Å². The number of pyridine rings is 1. The van der Waals surface area contributed by atoms with Gasteiger partial charge in [-0.05, 0) is 24.3 Å². The summed E-state index contributed by atoms with van der Waals surface area (Å²) in [6.07, 6.45) is 3.21. The van der Waals surface area contributed by atoms with Crippen LogP contribution in [0.5, 0.6) is 0 Å². The number of amides is 1. The van der Waals surface area contributed by atoms with E-state index < -0.39 is 11.9 Å². The smallest absolute Gasteiger partial charge is 0.312 e. The number of fused-ring (bicyclic) bond motifs is 2. The van der Waals surface area contributed by atoms with Crippen molar-refractivity contribution in [2.75, 3.05) is 0 Å². The van der Waals surface area contributed by atoms with Gasteiger partial charge < -0.3 is 18.7 Å². The number of hydrogen-bond donors (Lipinski definition) is 1. The number of carbonyl (C=O) groups excluding carboxylic acids is 1. The van der Waals surface area contributed by atoms with Crippen LogP contribution in [0.15, 0.2) is 63.8 Å². The van der Waals surface area contributed by atoms with Crippen molar-refractivity contribution in [2.45, 2.75) is 12.6 Å². The Morgan fingerprint density at radius 2 is 1.97 bits per heavy atom. The summed E-state index contributed by atoms with van der Waals surface area (Å²) in [6, 6.07) is 12.1. The van der Waals surface area contributed by atoms with E-state index in [1.54, 1.807) is 35.6 Å². The summed E-state index contributed by atoms with van der Waals surface area (Å²) in [5.74, 6) is -0.0293. The third-order valence-electron chi connectivity index (χ3n) is 4.95. The van der Waals surface area contributed by atoms with Gasteiger partial charge in [0.1, 0.15) is 11.2 Å². The first-order chi connectivity index (χ1) is 14.8. The number of aromatic nitrogens is 6. The number of carbonyl (C=O) groups is 1. The molecule has 10 heteroatoms. The van der Waals surface area contributed by atoms with Crippen molar-refractivity contribution >= 4 is 17.0 Å². The minimum Gasteiger partial charge on any atom is -0.438 e. The lowest BCUT2D eigenvalue weighted by Crippen LogP contribution is -2.31. The number of oxazole rings is 1. The van der Waals surface area contributed by atoms with Crippen LogP contribution >= 0.6 is 0 Å². The van der Waals surface area contributed by atoms with Crippen LogP contribution < -0.4 is 0 Å². The maximum absolute atomic E-state index is 13.3. The molecular formula is C20H13N7O3. The first-order valence-electron chi connectivity index (χ1n) is 9.21. The number of rotatable bonds is 3. The van der Waals surface area contributed by atoms with Crippen molar-refractivity contribution in [2.24, 2.45) is 0 Å². The lowest BCUT2D eigenvalue weighted by Gasteiger charge is -2.20. The number of aromatic amines is 1. The summed E-state index contributed by atoms with van der Waals surface area (Å²) < 4.78 is 11.5. The monoisotopic (exact) mass is 399 g/mol. The van der Waals surface area contributed by atoms with Gasteiger partial charge in [0.2, 0.25) is 5.89 Å². The second-order valence-electron chi connectivity index (χ2n) is 6.75. The van der Waals surface area contributed by atoms with Gasteiger partial charge in [-0.2, -0.15) is 0 Å². The van der Waals surface area contributed by atoms with Crippen LogP contribution in [0.4, 0.5) is 0 Å². The van der Waals surface area contributed by atoms with Crippen LogP contribution in [0, 0.1) is 0 Å². The third kappa shape index (κ3) is 2.50. The van der Waals surface area contributed by atoms with E-state index in [0.29, 0.717) is 34.9 Å². The molecule has 1 aliphatic rings. The van der Waals surface area contributed by atoms with Gasteiger partial charge in [-0.25, -0.2) is 9.97 Å². The predicted octanol–water partition coefficient (Wildman–Crippen LogP) is 2.74. The molecule has 5 aromatic rings. The molecule has 1 aliphatic heterocycles. The van der Waals surface area contributed by atoms with Gasteiger partial charge in [0.15, 0.2) is 11.6 Å². The Morgan fingerprint density at radius 3 is 2.83 bits per heavy atom. The molecule has 30 heavy (non-hydrogen) atoms. The van der Waals surface area contributed by atoms with Crippen molar-refractivity contribution in [3.05, 3.63) is 78.2 Å². The molecule has 6 rings (SSSR count). The molecule has 0 aliphatic carbocycles. The molecule has 0 unspecified atom stereocenters. The Hall–Kier alpha value is -4.34. The van der Waals surface area contributed by atoms with E-state index in [9.17, 15) is 4.79 Å². The number of nitrogens with one attached hydrogen (secondary N) is 1. The highest BCUT2D eigenvalue weighted by Crippen LogP contribution is 2.38. The Bertz CT molecular complexity index is 1340. The highest BCUT2D eigenvalue weighted by atomic mass is 16.4. The number of benzene rings is 1. The fourth-order valence-electron chi connectivity index (χ4n) is 3.57. The number of para-hydroxylation sites is 2. The van der Waals surface area contributed by atoms with Crippen LogP contribution in [0.25, 0.3) is 22.7 Å². The molecule has 10 nitrogen and oxygen atoms in total. The average molecular weight is 399 g/mol. The van der Waals surface area contributed by atoms with E-state index in [1.165, 1.54) is 0 Å².